The summed E-state index contributed by atoms with van der Waals surface area (Å²) >= 11 is 0. The van der Waals surface area contributed by atoms with E-state index in [2.05, 4.69) is 20.8 Å². The largest absolute Gasteiger partial charge is 0.400 e. The maximum atomic E-state index is 5.31. The predicted octanol–water partition coefficient (Wildman–Crippen LogP) is 2.33. The molecule has 0 aliphatic heterocycles. The van der Waals surface area contributed by atoms with Crippen molar-refractivity contribution in [1.29, 1.82) is 0 Å². The first-order valence-electron chi connectivity index (χ1n) is 4.67. The molecule has 2 nitrogen and oxygen atoms in total. The Labute approximate surface area is 78.1 Å². The summed E-state index contributed by atoms with van der Waals surface area (Å²) in [5.41, 5.74) is 0.627. The van der Waals surface area contributed by atoms with Crippen LogP contribution < -0.4 is 0 Å². The zero-order chi connectivity index (χ0) is 9.56. The second kappa shape index (κ2) is 6.63. The lowest BCUT2D eigenvalue weighted by atomic mass is 10.1. The van der Waals surface area contributed by atoms with Crippen molar-refractivity contribution in [1.82, 2.24) is 0 Å². The van der Waals surface area contributed by atoms with Gasteiger partial charge in [-0.3, -0.25) is 0 Å². The molecule has 0 amide bonds. The molecule has 0 rings (SSSR count). The third kappa shape index (κ3) is 4.90. The van der Waals surface area contributed by atoms with Crippen LogP contribution in [0.1, 0.15) is 33.6 Å². The fourth-order valence-electron chi connectivity index (χ4n) is 1.29. The molecule has 0 fully saturated rings. The molecule has 0 aromatic rings. The molecular formula is C9H22O2Si. The summed E-state index contributed by atoms with van der Waals surface area (Å²) < 4.78 is 10.6. The summed E-state index contributed by atoms with van der Waals surface area (Å²) in [7, 11) is 2.17. The molecule has 0 aliphatic rings. The van der Waals surface area contributed by atoms with Gasteiger partial charge in [-0.15, -0.1) is 0 Å². The van der Waals surface area contributed by atoms with Crippen LogP contribution in [0.2, 0.25) is 5.54 Å². The fourth-order valence-corrected chi connectivity index (χ4v) is 2.88. The summed E-state index contributed by atoms with van der Waals surface area (Å²) in [4.78, 5) is 0. The van der Waals surface area contributed by atoms with Gasteiger partial charge < -0.3 is 8.85 Å². The molecule has 12 heavy (non-hydrogen) atoms. The molecule has 0 saturated heterocycles. The van der Waals surface area contributed by atoms with E-state index in [1.54, 1.807) is 14.2 Å². The fraction of sp³-hybridized carbons (Fsp3) is 1.00. The van der Waals surface area contributed by atoms with E-state index in [4.69, 9.17) is 8.85 Å². The quantitative estimate of drug-likeness (QED) is 0.599. The van der Waals surface area contributed by atoms with Crippen LogP contribution in [-0.2, 0) is 8.85 Å². The highest BCUT2D eigenvalue weighted by Crippen LogP contribution is 2.20. The average molecular weight is 190 g/mol. The van der Waals surface area contributed by atoms with E-state index in [9.17, 15) is 0 Å². The molecule has 1 unspecified atom stereocenters. The molecule has 0 saturated carbocycles. The van der Waals surface area contributed by atoms with Gasteiger partial charge in [0.1, 0.15) is 0 Å². The minimum Gasteiger partial charge on any atom is -0.400 e. The molecule has 74 valence electrons. The Bertz CT molecular complexity index is 103. The van der Waals surface area contributed by atoms with Crippen LogP contribution in [0, 0.1) is 5.92 Å². The molecule has 0 aromatic carbocycles. The number of rotatable bonds is 6. The molecule has 0 bridgehead atoms. The normalized spacial score (nSPS) is 14.2. The Kier molecular flexibility index (Phi) is 6.71. The summed E-state index contributed by atoms with van der Waals surface area (Å²) in [6.45, 7) is 6.73. The molecule has 3 heteroatoms. The second-order valence-electron chi connectivity index (χ2n) is 3.79. The van der Waals surface area contributed by atoms with Crippen LogP contribution in [0.4, 0.5) is 0 Å². The first kappa shape index (κ1) is 12.1. The standard InChI is InChI=1S/C9H22O2Si/c1-8(2)6-7-9(3)12(10-4)11-5/h8-9,12H,6-7H2,1-5H3. The second-order valence-corrected chi connectivity index (χ2v) is 6.61. The first-order valence-corrected chi connectivity index (χ1v) is 6.28. The van der Waals surface area contributed by atoms with Crippen LogP contribution in [0.5, 0.6) is 0 Å². The van der Waals surface area contributed by atoms with Crippen molar-refractivity contribution in [3.05, 3.63) is 0 Å². The van der Waals surface area contributed by atoms with E-state index < -0.39 is 9.28 Å². The Morgan fingerprint density at radius 1 is 1.00 bits per heavy atom. The molecule has 0 aliphatic carbocycles. The van der Waals surface area contributed by atoms with Crippen molar-refractivity contribution in [2.45, 2.75) is 39.2 Å². The van der Waals surface area contributed by atoms with Crippen molar-refractivity contribution < 1.29 is 8.85 Å². The Balaban J connectivity index is 3.61. The lowest BCUT2D eigenvalue weighted by Crippen LogP contribution is -2.24. The van der Waals surface area contributed by atoms with E-state index in [0.29, 0.717) is 5.54 Å². The van der Waals surface area contributed by atoms with Gasteiger partial charge in [-0.1, -0.05) is 27.2 Å². The van der Waals surface area contributed by atoms with Crippen LogP contribution in [0.3, 0.4) is 0 Å². The van der Waals surface area contributed by atoms with Crippen molar-refractivity contribution >= 4 is 9.28 Å². The molecular weight excluding hydrogens is 168 g/mol. The van der Waals surface area contributed by atoms with Crippen molar-refractivity contribution in [3.8, 4) is 0 Å². The molecule has 0 heterocycles. The van der Waals surface area contributed by atoms with Crippen LogP contribution in [-0.4, -0.2) is 23.5 Å². The summed E-state index contributed by atoms with van der Waals surface area (Å²) in [6.07, 6.45) is 2.51. The number of hydrogen-bond acceptors (Lipinski definition) is 2. The topological polar surface area (TPSA) is 18.5 Å². The van der Waals surface area contributed by atoms with Crippen molar-refractivity contribution in [2.75, 3.05) is 14.2 Å². The molecule has 0 spiro atoms. The lowest BCUT2D eigenvalue weighted by molar-refractivity contribution is 0.263. The summed E-state index contributed by atoms with van der Waals surface area (Å²) in [6, 6.07) is 0. The van der Waals surface area contributed by atoms with Crippen LogP contribution in [0.15, 0.2) is 0 Å². The zero-order valence-corrected chi connectivity index (χ0v) is 10.1. The maximum Gasteiger partial charge on any atom is 0.323 e. The van der Waals surface area contributed by atoms with Gasteiger partial charge in [0, 0.05) is 14.2 Å². The van der Waals surface area contributed by atoms with E-state index >= 15 is 0 Å². The highest BCUT2D eigenvalue weighted by Gasteiger charge is 2.19. The monoisotopic (exact) mass is 190 g/mol. The van der Waals surface area contributed by atoms with Crippen LogP contribution >= 0.6 is 0 Å². The zero-order valence-electron chi connectivity index (χ0n) is 8.96. The number of hydrogen-bond donors (Lipinski definition) is 0. The molecule has 0 radical (unpaired) electrons. The summed E-state index contributed by atoms with van der Waals surface area (Å²) in [5.74, 6) is 0.788. The highest BCUT2D eigenvalue weighted by molar-refractivity contribution is 6.46. The van der Waals surface area contributed by atoms with Gasteiger partial charge in [0.25, 0.3) is 0 Å². The van der Waals surface area contributed by atoms with Gasteiger partial charge >= 0.3 is 9.28 Å². The van der Waals surface area contributed by atoms with Crippen LogP contribution in [0.25, 0.3) is 0 Å². The van der Waals surface area contributed by atoms with Gasteiger partial charge in [-0.05, 0) is 17.9 Å². The summed E-state index contributed by atoms with van der Waals surface area (Å²) in [5, 5.41) is 0. The van der Waals surface area contributed by atoms with E-state index in [0.717, 1.165) is 5.92 Å². The maximum absolute atomic E-state index is 5.31. The third-order valence-electron chi connectivity index (χ3n) is 2.13. The lowest BCUT2D eigenvalue weighted by Gasteiger charge is -2.19. The van der Waals surface area contributed by atoms with Gasteiger partial charge in [-0.2, -0.15) is 0 Å². The highest BCUT2D eigenvalue weighted by atomic mass is 28.3. The molecule has 0 aromatic heterocycles. The minimum absolute atomic E-state index is 0.627. The van der Waals surface area contributed by atoms with Gasteiger partial charge in [0.2, 0.25) is 0 Å². The van der Waals surface area contributed by atoms with Crippen molar-refractivity contribution in [3.63, 3.8) is 0 Å². The Morgan fingerprint density at radius 2 is 1.50 bits per heavy atom. The molecule has 1 atom stereocenters. The van der Waals surface area contributed by atoms with E-state index in [-0.39, 0.29) is 0 Å². The Hall–Kier alpha value is 0.137. The SMILES string of the molecule is CO[SiH](OC)C(C)CCC(C)C. The average Bonchev–Trinajstić information content (AvgIpc) is 2.03. The molecule has 0 N–H and O–H groups in total. The van der Waals surface area contributed by atoms with E-state index in [1.807, 2.05) is 0 Å². The predicted molar refractivity (Wildman–Crippen MR) is 54.7 cm³/mol. The smallest absolute Gasteiger partial charge is 0.323 e. The van der Waals surface area contributed by atoms with E-state index in [1.165, 1.54) is 12.8 Å². The van der Waals surface area contributed by atoms with Gasteiger partial charge in [0.05, 0.1) is 0 Å². The van der Waals surface area contributed by atoms with Gasteiger partial charge in [0.15, 0.2) is 0 Å². The minimum atomic E-state index is -1.35. The third-order valence-corrected chi connectivity index (χ3v) is 4.32. The van der Waals surface area contributed by atoms with Gasteiger partial charge in [-0.25, -0.2) is 0 Å². The Morgan fingerprint density at radius 3 is 1.83 bits per heavy atom. The van der Waals surface area contributed by atoms with Crippen molar-refractivity contribution in [2.24, 2.45) is 5.92 Å². The first-order chi connectivity index (χ1) is 5.61.